The molecule has 0 unspecified atom stereocenters. The van der Waals surface area contributed by atoms with Gasteiger partial charge in [0, 0.05) is 30.0 Å². The van der Waals surface area contributed by atoms with E-state index in [2.05, 4.69) is 26.2 Å². The minimum Gasteiger partial charge on any atom is -0.481 e. The van der Waals surface area contributed by atoms with Crippen LogP contribution in [0.15, 0.2) is 16.9 Å². The Hall–Kier alpha value is -0.940. The van der Waals surface area contributed by atoms with Gasteiger partial charge in [0.1, 0.15) is 0 Å². The number of carbonyl (C=O) groups is 1. The molecule has 0 aliphatic rings. The largest absolute Gasteiger partial charge is 0.481 e. The van der Waals surface area contributed by atoms with Gasteiger partial charge in [-0.2, -0.15) is 0 Å². The fourth-order valence-corrected chi connectivity index (χ4v) is 1.68. The van der Waals surface area contributed by atoms with Crippen molar-refractivity contribution in [2.75, 3.05) is 6.54 Å². The average Bonchev–Trinajstić information content (AvgIpc) is 2.24. The highest BCUT2D eigenvalue weighted by Gasteiger charge is 2.26. The number of carboxylic acid groups (broad SMARTS) is 1. The lowest BCUT2D eigenvalue weighted by Crippen LogP contribution is -2.35. The molecule has 0 radical (unpaired) electrons. The van der Waals surface area contributed by atoms with Gasteiger partial charge in [0.15, 0.2) is 0 Å². The van der Waals surface area contributed by atoms with E-state index in [0.29, 0.717) is 13.1 Å². The molecule has 17 heavy (non-hydrogen) atoms. The Morgan fingerprint density at radius 1 is 1.53 bits per heavy atom. The number of halogens is 1. The number of aromatic nitrogens is 1. The molecule has 1 rings (SSSR count). The van der Waals surface area contributed by atoms with Crippen LogP contribution >= 0.6 is 15.9 Å². The number of rotatable bonds is 5. The first-order valence-corrected chi connectivity index (χ1v) is 6.17. The third-order valence-electron chi connectivity index (χ3n) is 2.72. The molecule has 0 amide bonds. The number of aliphatic carboxylic acids is 1. The van der Waals surface area contributed by atoms with Crippen molar-refractivity contribution in [3.8, 4) is 0 Å². The lowest BCUT2D eigenvalue weighted by molar-refractivity contribution is -0.146. The molecule has 5 heteroatoms. The minimum absolute atomic E-state index is 0.425. The van der Waals surface area contributed by atoms with Gasteiger partial charge in [-0.3, -0.25) is 9.78 Å². The Bertz CT molecular complexity index is 419. The van der Waals surface area contributed by atoms with Crippen molar-refractivity contribution in [3.63, 3.8) is 0 Å². The molecule has 4 nitrogen and oxygen atoms in total. The highest BCUT2D eigenvalue weighted by atomic mass is 79.9. The van der Waals surface area contributed by atoms with E-state index < -0.39 is 11.4 Å². The molecule has 0 atom stereocenters. The molecule has 1 heterocycles. The zero-order valence-electron chi connectivity index (χ0n) is 10.2. The van der Waals surface area contributed by atoms with Crippen LogP contribution < -0.4 is 5.32 Å². The van der Waals surface area contributed by atoms with Gasteiger partial charge >= 0.3 is 5.97 Å². The quantitative estimate of drug-likeness (QED) is 0.876. The second kappa shape index (κ2) is 5.60. The molecule has 0 saturated carbocycles. The van der Waals surface area contributed by atoms with E-state index in [4.69, 9.17) is 5.11 Å². The number of pyridine rings is 1. The summed E-state index contributed by atoms with van der Waals surface area (Å²) < 4.78 is 0.967. The predicted octanol–water partition coefficient (Wildman–Crippen LogP) is 2.35. The second-order valence-electron chi connectivity index (χ2n) is 4.70. The van der Waals surface area contributed by atoms with E-state index in [9.17, 15) is 4.79 Å². The Morgan fingerprint density at radius 3 is 2.76 bits per heavy atom. The molecule has 0 aliphatic heterocycles. The molecule has 0 aliphatic carbocycles. The SMILES string of the molecule is Cc1c(Br)cncc1CNCC(C)(C)C(=O)O. The first-order valence-electron chi connectivity index (χ1n) is 5.37. The molecule has 1 aromatic rings. The van der Waals surface area contributed by atoms with Crippen LogP contribution in [0.4, 0.5) is 0 Å². The molecular formula is C12H17BrN2O2. The molecule has 0 aromatic carbocycles. The molecule has 1 aromatic heterocycles. The average molecular weight is 301 g/mol. The fraction of sp³-hybridized carbons (Fsp3) is 0.500. The first-order chi connectivity index (χ1) is 7.84. The van der Waals surface area contributed by atoms with Crippen LogP contribution in [-0.4, -0.2) is 22.6 Å². The van der Waals surface area contributed by atoms with E-state index >= 15 is 0 Å². The summed E-state index contributed by atoms with van der Waals surface area (Å²) in [5.41, 5.74) is 1.44. The predicted molar refractivity (Wildman–Crippen MR) is 69.8 cm³/mol. The van der Waals surface area contributed by atoms with Gasteiger partial charge in [-0.15, -0.1) is 0 Å². The third kappa shape index (κ3) is 3.78. The molecule has 0 bridgehead atoms. The van der Waals surface area contributed by atoms with E-state index in [1.54, 1.807) is 26.2 Å². The lowest BCUT2D eigenvalue weighted by Gasteiger charge is -2.19. The summed E-state index contributed by atoms with van der Waals surface area (Å²) >= 11 is 3.42. The van der Waals surface area contributed by atoms with Crippen LogP contribution in [0.5, 0.6) is 0 Å². The second-order valence-corrected chi connectivity index (χ2v) is 5.55. The van der Waals surface area contributed by atoms with Gasteiger partial charge in [-0.05, 0) is 47.8 Å². The Morgan fingerprint density at radius 2 is 2.18 bits per heavy atom. The van der Waals surface area contributed by atoms with Gasteiger partial charge < -0.3 is 10.4 Å². The van der Waals surface area contributed by atoms with Crippen LogP contribution in [-0.2, 0) is 11.3 Å². The fourth-order valence-electron chi connectivity index (χ4n) is 1.30. The maximum Gasteiger partial charge on any atom is 0.310 e. The molecule has 0 saturated heterocycles. The van der Waals surface area contributed by atoms with Crippen molar-refractivity contribution in [1.29, 1.82) is 0 Å². The maximum absolute atomic E-state index is 10.9. The molecule has 0 spiro atoms. The minimum atomic E-state index is -0.797. The van der Waals surface area contributed by atoms with Crippen molar-refractivity contribution < 1.29 is 9.90 Å². The van der Waals surface area contributed by atoms with Gasteiger partial charge in [-0.25, -0.2) is 0 Å². The Labute approximate surface area is 110 Å². The van der Waals surface area contributed by atoms with E-state index in [-0.39, 0.29) is 0 Å². The number of carboxylic acids is 1. The zero-order chi connectivity index (χ0) is 13.1. The zero-order valence-corrected chi connectivity index (χ0v) is 11.8. The van der Waals surface area contributed by atoms with E-state index in [0.717, 1.165) is 15.6 Å². The van der Waals surface area contributed by atoms with Crippen LogP contribution in [0.3, 0.4) is 0 Å². The first kappa shape index (κ1) is 14.1. The van der Waals surface area contributed by atoms with Crippen LogP contribution in [0.25, 0.3) is 0 Å². The van der Waals surface area contributed by atoms with Crippen LogP contribution in [0, 0.1) is 12.3 Å². The van der Waals surface area contributed by atoms with Crippen molar-refractivity contribution in [1.82, 2.24) is 10.3 Å². The Balaban J connectivity index is 2.58. The highest BCUT2D eigenvalue weighted by Crippen LogP contribution is 2.18. The number of hydrogen-bond acceptors (Lipinski definition) is 3. The summed E-state index contributed by atoms with van der Waals surface area (Å²) in [5.74, 6) is -0.797. The summed E-state index contributed by atoms with van der Waals surface area (Å²) in [6.45, 7) is 6.46. The molecule has 2 N–H and O–H groups in total. The van der Waals surface area contributed by atoms with Crippen molar-refractivity contribution in [2.24, 2.45) is 5.41 Å². The standard InChI is InChI=1S/C12H17BrN2O2/c1-8-9(4-14-6-10(8)13)5-15-7-12(2,3)11(16)17/h4,6,15H,5,7H2,1-3H3,(H,16,17). The van der Waals surface area contributed by atoms with Gasteiger partial charge in [0.25, 0.3) is 0 Å². The van der Waals surface area contributed by atoms with Crippen molar-refractivity contribution >= 4 is 21.9 Å². The summed E-state index contributed by atoms with van der Waals surface area (Å²) in [6, 6.07) is 0. The topological polar surface area (TPSA) is 62.2 Å². The van der Waals surface area contributed by atoms with E-state index in [1.807, 2.05) is 6.92 Å². The van der Waals surface area contributed by atoms with Gasteiger partial charge in [-0.1, -0.05) is 0 Å². The number of nitrogens with zero attached hydrogens (tertiary/aromatic N) is 1. The molecular weight excluding hydrogens is 284 g/mol. The van der Waals surface area contributed by atoms with Crippen LogP contribution in [0.2, 0.25) is 0 Å². The summed E-state index contributed by atoms with van der Waals surface area (Å²) in [6.07, 6.45) is 3.54. The normalized spacial score (nSPS) is 11.5. The van der Waals surface area contributed by atoms with Crippen LogP contribution in [0.1, 0.15) is 25.0 Å². The lowest BCUT2D eigenvalue weighted by atomic mass is 9.94. The summed E-state index contributed by atoms with van der Waals surface area (Å²) in [5, 5.41) is 12.1. The van der Waals surface area contributed by atoms with Gasteiger partial charge in [0.05, 0.1) is 5.41 Å². The molecule has 94 valence electrons. The van der Waals surface area contributed by atoms with Gasteiger partial charge in [0.2, 0.25) is 0 Å². The number of nitrogens with one attached hydrogen (secondary N) is 1. The Kier molecular flexibility index (Phi) is 4.65. The highest BCUT2D eigenvalue weighted by molar-refractivity contribution is 9.10. The number of hydrogen-bond donors (Lipinski definition) is 2. The molecule has 0 fully saturated rings. The van der Waals surface area contributed by atoms with Crippen molar-refractivity contribution in [2.45, 2.75) is 27.3 Å². The summed E-state index contributed by atoms with van der Waals surface area (Å²) in [7, 11) is 0. The van der Waals surface area contributed by atoms with E-state index in [1.165, 1.54) is 0 Å². The van der Waals surface area contributed by atoms with Crippen molar-refractivity contribution in [3.05, 3.63) is 28.0 Å². The smallest absolute Gasteiger partial charge is 0.310 e. The third-order valence-corrected chi connectivity index (χ3v) is 3.52. The summed E-state index contributed by atoms with van der Waals surface area (Å²) in [4.78, 5) is 15.0. The monoisotopic (exact) mass is 300 g/mol. The maximum atomic E-state index is 10.9.